The highest BCUT2D eigenvalue weighted by Gasteiger charge is 2.30. The maximum Gasteiger partial charge on any atom is 0.305 e. The van der Waals surface area contributed by atoms with Crippen LogP contribution in [0.1, 0.15) is 16.8 Å². The van der Waals surface area contributed by atoms with Crippen LogP contribution in [0.3, 0.4) is 0 Å². The highest BCUT2D eigenvalue weighted by atomic mass is 16.5. The molecule has 108 valence electrons. The lowest BCUT2D eigenvalue weighted by molar-refractivity contribution is -0.139. The minimum absolute atomic E-state index is 0.0279. The van der Waals surface area contributed by atoms with Gasteiger partial charge in [0.2, 0.25) is 0 Å². The van der Waals surface area contributed by atoms with Gasteiger partial charge in [-0.25, -0.2) is 0 Å². The lowest BCUT2D eigenvalue weighted by atomic mass is 10.1. The Labute approximate surface area is 115 Å². The Bertz CT molecular complexity index is 530. The number of benzene rings is 1. The third kappa shape index (κ3) is 3.00. The van der Waals surface area contributed by atoms with Gasteiger partial charge >= 0.3 is 5.97 Å². The standard InChI is InChI=1S/C13H15NO6/c15-9-1-2-10(11(16)6-9)13(19)14-3-4-20-7-8(14)5-12(17)18/h1-2,6,8,15-16H,3-5,7H2,(H,17,18). The number of hydrogen-bond acceptors (Lipinski definition) is 5. The van der Waals surface area contributed by atoms with E-state index in [1.807, 2.05) is 0 Å². The molecular weight excluding hydrogens is 266 g/mol. The molecule has 7 heteroatoms. The summed E-state index contributed by atoms with van der Waals surface area (Å²) in [7, 11) is 0. The molecule has 1 saturated heterocycles. The number of aliphatic carboxylic acids is 1. The first-order chi connectivity index (χ1) is 9.49. The second-order valence-corrected chi connectivity index (χ2v) is 4.53. The van der Waals surface area contributed by atoms with E-state index in [1.165, 1.54) is 17.0 Å². The Balaban J connectivity index is 2.22. The van der Waals surface area contributed by atoms with E-state index in [9.17, 15) is 19.8 Å². The summed E-state index contributed by atoms with van der Waals surface area (Å²) >= 11 is 0. The molecule has 20 heavy (non-hydrogen) atoms. The van der Waals surface area contributed by atoms with Gasteiger partial charge in [0, 0.05) is 12.6 Å². The normalized spacial score (nSPS) is 18.8. The molecule has 0 radical (unpaired) electrons. The molecule has 1 aliphatic heterocycles. The SMILES string of the molecule is O=C(O)CC1COCCN1C(=O)c1ccc(O)cc1O. The fraction of sp³-hybridized carbons (Fsp3) is 0.385. The van der Waals surface area contributed by atoms with Crippen molar-refractivity contribution in [2.24, 2.45) is 0 Å². The van der Waals surface area contributed by atoms with Gasteiger partial charge in [0.15, 0.2) is 0 Å². The summed E-state index contributed by atoms with van der Waals surface area (Å²) in [6.45, 7) is 0.731. The van der Waals surface area contributed by atoms with Gasteiger partial charge in [-0.05, 0) is 12.1 Å². The van der Waals surface area contributed by atoms with Gasteiger partial charge in [-0.2, -0.15) is 0 Å². The predicted octanol–water partition coefficient (Wildman–Crippen LogP) is 0.413. The monoisotopic (exact) mass is 281 g/mol. The maximum atomic E-state index is 12.4. The van der Waals surface area contributed by atoms with Crippen LogP contribution >= 0.6 is 0 Å². The fourth-order valence-corrected chi connectivity index (χ4v) is 2.15. The van der Waals surface area contributed by atoms with E-state index >= 15 is 0 Å². The first kappa shape index (κ1) is 14.1. The predicted molar refractivity (Wildman–Crippen MR) is 67.7 cm³/mol. The quantitative estimate of drug-likeness (QED) is 0.741. The van der Waals surface area contributed by atoms with Gasteiger partial charge in [-0.15, -0.1) is 0 Å². The molecule has 1 amide bonds. The van der Waals surface area contributed by atoms with Crippen molar-refractivity contribution >= 4 is 11.9 Å². The first-order valence-corrected chi connectivity index (χ1v) is 6.11. The van der Waals surface area contributed by atoms with Crippen molar-refractivity contribution in [2.45, 2.75) is 12.5 Å². The third-order valence-corrected chi connectivity index (χ3v) is 3.11. The van der Waals surface area contributed by atoms with Crippen LogP contribution in [0.25, 0.3) is 0 Å². The van der Waals surface area contributed by atoms with E-state index < -0.39 is 17.9 Å². The molecule has 7 nitrogen and oxygen atoms in total. The van der Waals surface area contributed by atoms with Crippen molar-refractivity contribution in [3.05, 3.63) is 23.8 Å². The van der Waals surface area contributed by atoms with E-state index in [-0.39, 0.29) is 36.6 Å². The van der Waals surface area contributed by atoms with E-state index in [0.29, 0.717) is 6.61 Å². The van der Waals surface area contributed by atoms with Gasteiger partial charge in [0.05, 0.1) is 31.2 Å². The molecule has 3 N–H and O–H groups in total. The largest absolute Gasteiger partial charge is 0.508 e. The molecule has 1 fully saturated rings. The molecule has 0 saturated carbocycles. The molecule has 1 aromatic rings. The van der Waals surface area contributed by atoms with Crippen LogP contribution in [-0.2, 0) is 9.53 Å². The lowest BCUT2D eigenvalue weighted by Gasteiger charge is -2.35. The van der Waals surface area contributed by atoms with Gasteiger partial charge in [0.25, 0.3) is 5.91 Å². The van der Waals surface area contributed by atoms with Crippen LogP contribution in [0.15, 0.2) is 18.2 Å². The topological polar surface area (TPSA) is 107 Å². The molecule has 1 heterocycles. The van der Waals surface area contributed by atoms with Crippen LogP contribution < -0.4 is 0 Å². The third-order valence-electron chi connectivity index (χ3n) is 3.11. The van der Waals surface area contributed by atoms with E-state index in [2.05, 4.69) is 0 Å². The Morgan fingerprint density at radius 2 is 2.10 bits per heavy atom. The number of morpholine rings is 1. The van der Waals surface area contributed by atoms with Crippen molar-refractivity contribution in [1.29, 1.82) is 0 Å². The Morgan fingerprint density at radius 1 is 1.35 bits per heavy atom. The van der Waals surface area contributed by atoms with E-state index in [4.69, 9.17) is 9.84 Å². The number of carbonyl (C=O) groups is 2. The Morgan fingerprint density at radius 3 is 2.75 bits per heavy atom. The van der Waals surface area contributed by atoms with Crippen LogP contribution in [0.2, 0.25) is 0 Å². The lowest BCUT2D eigenvalue weighted by Crippen LogP contribution is -2.49. The van der Waals surface area contributed by atoms with Crippen molar-refractivity contribution in [1.82, 2.24) is 4.90 Å². The molecule has 1 aliphatic rings. The number of carboxylic acid groups (broad SMARTS) is 1. The number of phenols is 2. The Hall–Kier alpha value is -2.28. The molecule has 2 rings (SSSR count). The zero-order chi connectivity index (χ0) is 14.7. The number of aromatic hydroxyl groups is 2. The second kappa shape index (κ2) is 5.79. The zero-order valence-corrected chi connectivity index (χ0v) is 10.7. The summed E-state index contributed by atoms with van der Waals surface area (Å²) in [4.78, 5) is 24.5. The van der Waals surface area contributed by atoms with Crippen LogP contribution in [0, 0.1) is 0 Å². The van der Waals surface area contributed by atoms with Gasteiger partial charge < -0.3 is 25.0 Å². The number of carboxylic acids is 1. The number of ether oxygens (including phenoxy) is 1. The number of rotatable bonds is 3. The second-order valence-electron chi connectivity index (χ2n) is 4.53. The minimum atomic E-state index is -1.02. The molecule has 1 aromatic carbocycles. The van der Waals surface area contributed by atoms with E-state index in [0.717, 1.165) is 6.07 Å². The Kier molecular flexibility index (Phi) is 4.09. The fourth-order valence-electron chi connectivity index (χ4n) is 2.15. The average Bonchev–Trinajstić information content (AvgIpc) is 2.38. The molecule has 0 spiro atoms. The summed E-state index contributed by atoms with van der Waals surface area (Å²) in [5, 5.41) is 27.8. The van der Waals surface area contributed by atoms with Crippen molar-refractivity contribution in [3.63, 3.8) is 0 Å². The number of amides is 1. The van der Waals surface area contributed by atoms with Gasteiger partial charge in [0.1, 0.15) is 11.5 Å². The van der Waals surface area contributed by atoms with Crippen molar-refractivity contribution in [3.8, 4) is 11.5 Å². The smallest absolute Gasteiger partial charge is 0.305 e. The average molecular weight is 281 g/mol. The van der Waals surface area contributed by atoms with Gasteiger partial charge in [-0.1, -0.05) is 0 Å². The van der Waals surface area contributed by atoms with Crippen molar-refractivity contribution < 1.29 is 29.6 Å². The summed E-state index contributed by atoms with van der Waals surface area (Å²) in [6.07, 6.45) is -0.218. The van der Waals surface area contributed by atoms with Crippen LogP contribution in [0.4, 0.5) is 0 Å². The minimum Gasteiger partial charge on any atom is -0.508 e. The van der Waals surface area contributed by atoms with Crippen LogP contribution in [0.5, 0.6) is 11.5 Å². The van der Waals surface area contributed by atoms with Gasteiger partial charge in [-0.3, -0.25) is 9.59 Å². The number of carbonyl (C=O) groups excluding carboxylic acids is 1. The number of hydrogen-bond donors (Lipinski definition) is 3. The highest BCUT2D eigenvalue weighted by Crippen LogP contribution is 2.25. The van der Waals surface area contributed by atoms with Crippen molar-refractivity contribution in [2.75, 3.05) is 19.8 Å². The number of phenolic OH excluding ortho intramolecular Hbond substituents is 2. The maximum absolute atomic E-state index is 12.4. The molecule has 1 unspecified atom stereocenters. The molecule has 0 bridgehead atoms. The molecule has 0 aromatic heterocycles. The number of nitrogens with zero attached hydrogens (tertiary/aromatic N) is 1. The summed E-state index contributed by atoms with van der Waals surface area (Å²) in [5.41, 5.74) is 0.0279. The molecular formula is C13H15NO6. The molecule has 0 aliphatic carbocycles. The van der Waals surface area contributed by atoms with E-state index in [1.54, 1.807) is 0 Å². The zero-order valence-electron chi connectivity index (χ0n) is 10.7. The summed E-state index contributed by atoms with van der Waals surface area (Å²) < 4.78 is 5.19. The highest BCUT2D eigenvalue weighted by molar-refractivity contribution is 5.97. The first-order valence-electron chi connectivity index (χ1n) is 6.11. The molecule has 1 atom stereocenters. The summed E-state index contributed by atoms with van der Waals surface area (Å²) in [5.74, 6) is -1.98. The van der Waals surface area contributed by atoms with Crippen LogP contribution in [-0.4, -0.2) is 57.9 Å². The summed E-state index contributed by atoms with van der Waals surface area (Å²) in [6, 6.07) is 3.10.